The van der Waals surface area contributed by atoms with Gasteiger partial charge in [0.25, 0.3) is 0 Å². The van der Waals surface area contributed by atoms with Gasteiger partial charge in [-0.05, 0) is 43.4 Å². The van der Waals surface area contributed by atoms with E-state index in [1.165, 1.54) is 22.9 Å². The molecule has 0 bridgehead atoms. The lowest BCUT2D eigenvalue weighted by atomic mass is 10.2. The summed E-state index contributed by atoms with van der Waals surface area (Å²) in [6, 6.07) is 9.99. The third kappa shape index (κ3) is 3.97. The van der Waals surface area contributed by atoms with E-state index in [0.717, 1.165) is 42.9 Å². The SMILES string of the molecule is CN1CCN(c2ccc3nc(-c4n[nH]c5cc(NS(=O)(=O)C(F)(F)F)ccc45)[nH]c3c2)CC1. The first kappa shape index (κ1) is 21.5. The summed E-state index contributed by atoms with van der Waals surface area (Å²) < 4.78 is 62.2. The number of alkyl halides is 3. The number of anilines is 2. The molecule has 1 fully saturated rings. The van der Waals surface area contributed by atoms with Gasteiger partial charge in [0.1, 0.15) is 5.69 Å². The van der Waals surface area contributed by atoms with Crippen molar-refractivity contribution in [2.45, 2.75) is 5.51 Å². The number of rotatable bonds is 4. The third-order valence-corrected chi connectivity index (χ3v) is 6.79. The van der Waals surface area contributed by atoms with Crippen LogP contribution < -0.4 is 9.62 Å². The van der Waals surface area contributed by atoms with Crippen LogP contribution in [0.1, 0.15) is 0 Å². The van der Waals surface area contributed by atoms with E-state index in [-0.39, 0.29) is 5.69 Å². The fraction of sp³-hybridized carbons (Fsp3) is 0.300. The van der Waals surface area contributed by atoms with Crippen LogP contribution in [0.5, 0.6) is 0 Å². The van der Waals surface area contributed by atoms with Gasteiger partial charge in [-0.25, -0.2) is 4.98 Å². The normalized spacial score (nSPS) is 16.1. The largest absolute Gasteiger partial charge is 0.516 e. The van der Waals surface area contributed by atoms with E-state index < -0.39 is 15.5 Å². The first-order valence-corrected chi connectivity index (χ1v) is 11.6. The number of sulfonamides is 1. The van der Waals surface area contributed by atoms with Crippen molar-refractivity contribution in [3.63, 3.8) is 0 Å². The number of aromatic amines is 2. The van der Waals surface area contributed by atoms with E-state index in [1.54, 1.807) is 0 Å². The molecule has 0 radical (unpaired) electrons. The third-order valence-electron chi connectivity index (χ3n) is 5.68. The van der Waals surface area contributed by atoms with Gasteiger partial charge in [0.2, 0.25) is 0 Å². The quantitative estimate of drug-likeness (QED) is 0.415. The summed E-state index contributed by atoms with van der Waals surface area (Å²) >= 11 is 0. The second kappa shape index (κ2) is 7.63. The van der Waals surface area contributed by atoms with Crippen molar-refractivity contribution in [3.05, 3.63) is 36.4 Å². The molecule has 5 rings (SSSR count). The molecule has 3 N–H and O–H groups in total. The second-order valence-corrected chi connectivity index (χ2v) is 9.63. The maximum atomic E-state index is 12.6. The summed E-state index contributed by atoms with van der Waals surface area (Å²) in [7, 11) is -3.41. The number of benzene rings is 2. The van der Waals surface area contributed by atoms with Crippen molar-refractivity contribution in [1.82, 2.24) is 25.1 Å². The number of hydrogen-bond donors (Lipinski definition) is 3. The molecule has 174 valence electrons. The van der Waals surface area contributed by atoms with Crippen LogP contribution in [0.2, 0.25) is 0 Å². The van der Waals surface area contributed by atoms with Gasteiger partial charge < -0.3 is 14.8 Å². The molecule has 2 aromatic heterocycles. The van der Waals surface area contributed by atoms with Gasteiger partial charge in [-0.2, -0.15) is 26.7 Å². The molecule has 0 unspecified atom stereocenters. The molecular formula is C20H20F3N7O2S. The van der Waals surface area contributed by atoms with Gasteiger partial charge in [-0.1, -0.05) is 0 Å². The summed E-state index contributed by atoms with van der Waals surface area (Å²) in [5, 5.41) is 7.54. The molecule has 0 saturated carbocycles. The highest BCUT2D eigenvalue weighted by atomic mass is 32.2. The predicted molar refractivity (Wildman–Crippen MR) is 119 cm³/mol. The van der Waals surface area contributed by atoms with Gasteiger partial charge in [-0.3, -0.25) is 9.82 Å². The number of fused-ring (bicyclic) bond motifs is 2. The first-order valence-electron chi connectivity index (χ1n) is 10.1. The van der Waals surface area contributed by atoms with Crippen LogP contribution >= 0.6 is 0 Å². The van der Waals surface area contributed by atoms with Crippen molar-refractivity contribution >= 4 is 43.3 Å². The van der Waals surface area contributed by atoms with Crippen molar-refractivity contribution in [2.75, 3.05) is 42.8 Å². The average Bonchev–Trinajstić information content (AvgIpc) is 3.36. The minimum atomic E-state index is -5.51. The summed E-state index contributed by atoms with van der Waals surface area (Å²) in [6.45, 7) is 3.86. The molecule has 3 heterocycles. The standard InChI is InChI=1S/C20H20F3N7O2S/c1-29-6-8-30(9-7-29)13-3-5-15-17(11-13)25-19(24-15)18-14-4-2-12(10-16(14)26-27-18)28-33(31,32)20(21,22)23/h2-5,10-11,28H,6-9H2,1H3,(H,24,25)(H,26,27). The Morgan fingerprint density at radius 2 is 1.79 bits per heavy atom. The van der Waals surface area contributed by atoms with Crippen LogP contribution in [0.25, 0.3) is 33.5 Å². The number of likely N-dealkylation sites (N-methyl/N-ethyl adjacent to an activating group) is 1. The average molecular weight is 479 g/mol. The zero-order valence-corrected chi connectivity index (χ0v) is 18.3. The van der Waals surface area contributed by atoms with Gasteiger partial charge in [0, 0.05) is 37.3 Å². The highest BCUT2D eigenvalue weighted by Crippen LogP contribution is 2.31. The lowest BCUT2D eigenvalue weighted by Crippen LogP contribution is -2.44. The molecule has 1 aliphatic heterocycles. The van der Waals surface area contributed by atoms with E-state index in [4.69, 9.17) is 0 Å². The van der Waals surface area contributed by atoms with Crippen molar-refractivity contribution in [2.24, 2.45) is 0 Å². The molecule has 0 atom stereocenters. The van der Waals surface area contributed by atoms with Crippen molar-refractivity contribution in [1.29, 1.82) is 0 Å². The molecule has 0 amide bonds. The Morgan fingerprint density at radius 1 is 1.03 bits per heavy atom. The fourth-order valence-corrected chi connectivity index (χ4v) is 4.40. The number of nitrogens with zero attached hydrogens (tertiary/aromatic N) is 4. The minimum Gasteiger partial charge on any atom is -0.369 e. The summed E-state index contributed by atoms with van der Waals surface area (Å²) in [5.74, 6) is 0.496. The maximum Gasteiger partial charge on any atom is 0.516 e. The summed E-state index contributed by atoms with van der Waals surface area (Å²) in [5.41, 5.74) is -2.09. The van der Waals surface area contributed by atoms with E-state index in [9.17, 15) is 21.6 Å². The molecule has 33 heavy (non-hydrogen) atoms. The van der Waals surface area contributed by atoms with Crippen LogP contribution in [0, 0.1) is 0 Å². The lowest BCUT2D eigenvalue weighted by molar-refractivity contribution is -0.0429. The highest BCUT2D eigenvalue weighted by molar-refractivity contribution is 7.93. The molecule has 1 aliphatic rings. The topological polar surface area (TPSA) is 110 Å². The Hall–Kier alpha value is -3.32. The molecule has 13 heteroatoms. The summed E-state index contributed by atoms with van der Waals surface area (Å²) in [6.07, 6.45) is 0. The molecule has 2 aromatic carbocycles. The Kier molecular flexibility index (Phi) is 4.97. The zero-order valence-electron chi connectivity index (χ0n) is 17.4. The number of aromatic nitrogens is 4. The van der Waals surface area contributed by atoms with E-state index in [2.05, 4.69) is 37.0 Å². The Morgan fingerprint density at radius 3 is 2.52 bits per heavy atom. The van der Waals surface area contributed by atoms with Gasteiger partial charge in [0.05, 0.1) is 22.2 Å². The number of halogens is 3. The van der Waals surface area contributed by atoms with Crippen LogP contribution in [0.3, 0.4) is 0 Å². The molecule has 0 spiro atoms. The van der Waals surface area contributed by atoms with Gasteiger partial charge in [0.15, 0.2) is 5.82 Å². The number of hydrogen-bond acceptors (Lipinski definition) is 6. The molecule has 1 saturated heterocycles. The highest BCUT2D eigenvalue weighted by Gasteiger charge is 2.46. The van der Waals surface area contributed by atoms with Crippen LogP contribution in [-0.2, 0) is 10.0 Å². The van der Waals surface area contributed by atoms with Gasteiger partial charge >= 0.3 is 15.5 Å². The zero-order chi connectivity index (χ0) is 23.4. The first-order chi connectivity index (χ1) is 15.6. The van der Waals surface area contributed by atoms with Crippen LogP contribution in [-0.4, -0.2) is 72.2 Å². The molecule has 4 aromatic rings. The van der Waals surface area contributed by atoms with Crippen molar-refractivity contribution < 1.29 is 21.6 Å². The molecule has 0 aliphatic carbocycles. The van der Waals surface area contributed by atoms with Gasteiger partial charge in [-0.15, -0.1) is 0 Å². The van der Waals surface area contributed by atoms with Crippen LogP contribution in [0.15, 0.2) is 36.4 Å². The second-order valence-electron chi connectivity index (χ2n) is 7.96. The Labute approximate surface area is 186 Å². The van der Waals surface area contributed by atoms with E-state index in [1.807, 2.05) is 18.2 Å². The smallest absolute Gasteiger partial charge is 0.369 e. The van der Waals surface area contributed by atoms with E-state index in [0.29, 0.717) is 22.4 Å². The maximum absolute atomic E-state index is 12.6. The Bertz CT molecular complexity index is 1440. The molecular weight excluding hydrogens is 459 g/mol. The fourth-order valence-electron chi connectivity index (χ4n) is 3.85. The number of H-pyrrole nitrogens is 2. The summed E-state index contributed by atoms with van der Waals surface area (Å²) in [4.78, 5) is 12.4. The van der Waals surface area contributed by atoms with Crippen LogP contribution in [0.4, 0.5) is 24.5 Å². The number of imidazole rings is 1. The van der Waals surface area contributed by atoms with Crippen molar-refractivity contribution in [3.8, 4) is 11.5 Å². The monoisotopic (exact) mass is 479 g/mol. The molecule has 9 nitrogen and oxygen atoms in total. The predicted octanol–water partition coefficient (Wildman–Crippen LogP) is 3.12. The lowest BCUT2D eigenvalue weighted by Gasteiger charge is -2.34. The minimum absolute atomic E-state index is 0.226. The Balaban J connectivity index is 1.44. The number of piperazine rings is 1. The van der Waals surface area contributed by atoms with E-state index >= 15 is 0 Å². The number of nitrogens with one attached hydrogen (secondary N) is 3.